The van der Waals surface area contributed by atoms with E-state index in [1.807, 2.05) is 0 Å². The molecule has 0 aromatic heterocycles. The van der Waals surface area contributed by atoms with Gasteiger partial charge in [-0.2, -0.15) is 0 Å². The molecule has 0 aromatic rings. The van der Waals surface area contributed by atoms with Crippen molar-refractivity contribution in [2.24, 2.45) is 0 Å². The van der Waals surface area contributed by atoms with E-state index in [4.69, 9.17) is 52.6 Å². The van der Waals surface area contributed by atoms with E-state index in [0.29, 0.717) is 0 Å². The van der Waals surface area contributed by atoms with Crippen LogP contribution in [0.3, 0.4) is 0 Å². The van der Waals surface area contributed by atoms with Crippen LogP contribution in [0.15, 0.2) is 0 Å². The van der Waals surface area contributed by atoms with Gasteiger partial charge in [-0.15, -0.1) is 0 Å². The topological polar surface area (TPSA) is 304 Å². The Bertz CT molecular complexity index is 342. The second kappa shape index (κ2) is 17.3. The largest absolute Gasteiger partial charge is 3.00 e. The van der Waals surface area contributed by atoms with E-state index in [-0.39, 0.29) is 63.4 Å². The predicted molar refractivity (Wildman–Crippen MR) is 50.2 cm³/mol. The smallest absolute Gasteiger partial charge is 0.759 e. The van der Waals surface area contributed by atoms with E-state index in [0.717, 1.165) is 0 Å². The van der Waals surface area contributed by atoms with Gasteiger partial charge in [0.1, 0.15) is 0 Å². The summed E-state index contributed by atoms with van der Waals surface area (Å²) in [5.41, 5.74) is 0. The van der Waals surface area contributed by atoms with Crippen molar-refractivity contribution in [3.8, 4) is 0 Å². The number of rotatable bonds is 0. The van der Waals surface area contributed by atoms with Crippen LogP contribution in [0.5, 0.6) is 0 Å². The van der Waals surface area contributed by atoms with Gasteiger partial charge in [-0.05, 0) is 0 Å². The second-order valence-corrected chi connectivity index (χ2v) is 3.67. The molecular weight excluding hydrogens is 738 g/mol. The van der Waals surface area contributed by atoms with Gasteiger partial charge in [0.25, 0.3) is 0 Å². The monoisotopic (exact) mass is 742 g/mol. The summed E-state index contributed by atoms with van der Waals surface area (Å²) in [4.78, 5) is 0. The van der Waals surface area contributed by atoms with Crippen LogP contribution in [0.1, 0.15) is 0 Å². The Morgan fingerprint density at radius 1 is 0.421 bits per heavy atom. The SMILES string of the molecule is O.O.O=S(=O)([O-])[O-].O=S(=O)([O-])[O-].O=S(=O)([O-])[O-].[Bi+3].[Bi+3]. The summed E-state index contributed by atoms with van der Waals surface area (Å²) >= 11 is 0. The third-order valence-electron chi connectivity index (χ3n) is 0. The average Bonchev–Trinajstić information content (AvgIpc) is 1.41. The van der Waals surface area contributed by atoms with Gasteiger partial charge in [0.2, 0.25) is 0 Å². The summed E-state index contributed by atoms with van der Waals surface area (Å²) in [5.74, 6) is 0. The van der Waals surface area contributed by atoms with E-state index in [1.165, 1.54) is 0 Å². The molecule has 0 atom stereocenters. The molecule has 0 aliphatic carbocycles. The third kappa shape index (κ3) is 3440. The van der Waals surface area contributed by atoms with Gasteiger partial charge < -0.3 is 38.3 Å². The first-order valence-electron chi connectivity index (χ1n) is 2.00. The maximum atomic E-state index is 8.52. The molecule has 0 spiro atoms. The first kappa shape index (κ1) is 42.7. The van der Waals surface area contributed by atoms with Crippen molar-refractivity contribution < 1.29 is 63.5 Å². The van der Waals surface area contributed by atoms with Crippen molar-refractivity contribution in [3.05, 3.63) is 0 Å². The molecule has 4 radical (unpaired) electrons. The van der Waals surface area contributed by atoms with Crippen LogP contribution in [0.25, 0.3) is 0 Å². The van der Waals surface area contributed by atoms with Crippen molar-refractivity contribution >= 4 is 83.6 Å². The third-order valence-corrected chi connectivity index (χ3v) is 0. The minimum absolute atomic E-state index is 0. The van der Waals surface area contributed by atoms with Crippen LogP contribution < -0.4 is 0 Å². The maximum absolute atomic E-state index is 8.52. The van der Waals surface area contributed by atoms with Crippen LogP contribution in [0.4, 0.5) is 0 Å². The van der Waals surface area contributed by atoms with Gasteiger partial charge in [0.15, 0.2) is 0 Å². The average molecular weight is 742 g/mol. The van der Waals surface area contributed by atoms with E-state index in [9.17, 15) is 0 Å². The molecule has 19 heteroatoms. The molecule has 0 unspecified atom stereocenters. The van der Waals surface area contributed by atoms with Crippen LogP contribution in [-0.2, 0) is 31.2 Å². The fraction of sp³-hybridized carbons (Fsp3) is 0. The summed E-state index contributed by atoms with van der Waals surface area (Å²) in [6.07, 6.45) is 0. The standard InChI is InChI=1S/2Bi.3H2O4S.2H2O/c;;3*1-5(2,3)4;;/h;;3*(H2,1,2,3,4);2*1H2/q2*+3;;;;;/p-6. The van der Waals surface area contributed by atoms with Crippen molar-refractivity contribution in [1.82, 2.24) is 0 Å². The summed E-state index contributed by atoms with van der Waals surface area (Å²) < 4.78 is 102. The molecule has 0 amide bonds. The summed E-state index contributed by atoms with van der Waals surface area (Å²) in [7, 11) is -15.5. The van der Waals surface area contributed by atoms with Crippen LogP contribution in [-0.4, -0.2) is 116 Å². The summed E-state index contributed by atoms with van der Waals surface area (Å²) in [6.45, 7) is 0. The maximum Gasteiger partial charge on any atom is 3.00 e. The molecule has 0 fully saturated rings. The molecule has 0 aliphatic rings. The normalized spacial score (nSPS) is 9.16. The molecule has 116 valence electrons. The zero-order chi connectivity index (χ0) is 13.5. The van der Waals surface area contributed by atoms with Crippen molar-refractivity contribution in [2.75, 3.05) is 0 Å². The summed E-state index contributed by atoms with van der Waals surface area (Å²) in [6, 6.07) is 0. The van der Waals surface area contributed by atoms with Gasteiger partial charge >= 0.3 is 52.4 Å². The van der Waals surface area contributed by atoms with Gasteiger partial charge in [-0.25, -0.2) is 0 Å². The van der Waals surface area contributed by atoms with Crippen molar-refractivity contribution in [2.45, 2.75) is 0 Å². The van der Waals surface area contributed by atoms with Crippen molar-refractivity contribution in [1.29, 1.82) is 0 Å². The Balaban J connectivity index is -0.0000000206. The Kier molecular flexibility index (Phi) is 39.0. The van der Waals surface area contributed by atoms with Crippen molar-refractivity contribution in [3.63, 3.8) is 0 Å². The first-order chi connectivity index (χ1) is 6.00. The molecular formula is H4Bi2O14S3. The molecule has 0 aliphatic heterocycles. The van der Waals surface area contributed by atoms with Crippen LogP contribution in [0, 0.1) is 0 Å². The zero-order valence-corrected chi connectivity index (χ0v) is 17.4. The van der Waals surface area contributed by atoms with E-state index < -0.39 is 31.2 Å². The first-order valence-corrected chi connectivity index (χ1v) is 6.00. The van der Waals surface area contributed by atoms with Gasteiger partial charge in [0, 0.05) is 31.2 Å². The molecule has 0 saturated carbocycles. The van der Waals surface area contributed by atoms with Crippen LogP contribution >= 0.6 is 0 Å². The molecule has 0 aromatic carbocycles. The fourth-order valence-electron chi connectivity index (χ4n) is 0. The van der Waals surface area contributed by atoms with E-state index in [1.54, 1.807) is 0 Å². The molecule has 0 saturated heterocycles. The molecule has 0 rings (SSSR count). The van der Waals surface area contributed by atoms with Crippen LogP contribution in [0.2, 0.25) is 0 Å². The molecule has 4 N–H and O–H groups in total. The van der Waals surface area contributed by atoms with Gasteiger partial charge in [-0.1, -0.05) is 0 Å². The Labute approximate surface area is 146 Å². The van der Waals surface area contributed by atoms with E-state index in [2.05, 4.69) is 0 Å². The fourth-order valence-corrected chi connectivity index (χ4v) is 0. The van der Waals surface area contributed by atoms with E-state index >= 15 is 0 Å². The molecule has 0 heterocycles. The van der Waals surface area contributed by atoms with Gasteiger partial charge in [-0.3, -0.25) is 25.3 Å². The van der Waals surface area contributed by atoms with Gasteiger partial charge in [0.05, 0.1) is 0 Å². The quantitative estimate of drug-likeness (QED) is 0.127. The minimum atomic E-state index is -5.17. The molecule has 0 bridgehead atoms. The Morgan fingerprint density at radius 2 is 0.421 bits per heavy atom. The predicted octanol–water partition coefficient (Wildman–Crippen LogP) is -6.42. The number of hydrogen-bond acceptors (Lipinski definition) is 12. The Hall–Kier alpha value is 1.30. The second-order valence-electron chi connectivity index (χ2n) is 1.22. The summed E-state index contributed by atoms with van der Waals surface area (Å²) in [5, 5.41) is 0. The Morgan fingerprint density at radius 3 is 0.421 bits per heavy atom. The number of hydrogen-bond donors (Lipinski definition) is 0. The molecule has 19 heavy (non-hydrogen) atoms. The zero-order valence-electron chi connectivity index (χ0n) is 8.02. The molecule has 14 nitrogen and oxygen atoms in total. The minimum Gasteiger partial charge on any atom is -0.759 e.